The van der Waals surface area contributed by atoms with Crippen molar-refractivity contribution in [2.75, 3.05) is 6.54 Å². The summed E-state index contributed by atoms with van der Waals surface area (Å²) >= 11 is 8.41. The second-order valence-electron chi connectivity index (χ2n) is 3.51. The molecule has 0 N–H and O–H groups in total. The van der Waals surface area contributed by atoms with Gasteiger partial charge in [0.15, 0.2) is 0 Å². The van der Waals surface area contributed by atoms with Gasteiger partial charge in [-0.2, -0.15) is 3.82 Å². The van der Waals surface area contributed by atoms with Crippen LogP contribution in [0.2, 0.25) is 0 Å². The summed E-state index contributed by atoms with van der Waals surface area (Å²) in [5.74, 6) is 0.745. The summed E-state index contributed by atoms with van der Waals surface area (Å²) in [5.41, 5.74) is 0. The highest BCUT2D eigenvalue weighted by atomic mass is 127. The molecule has 0 spiro atoms. The third-order valence-corrected chi connectivity index (χ3v) is 7.03. The Balaban J connectivity index is 2.10. The van der Waals surface area contributed by atoms with E-state index >= 15 is 0 Å². The molecule has 0 aromatic rings. The SMILES string of the molecule is CCCCCCC1C=S(I)N(Cl)C1. The van der Waals surface area contributed by atoms with Gasteiger partial charge < -0.3 is 0 Å². The molecule has 0 aromatic heterocycles. The summed E-state index contributed by atoms with van der Waals surface area (Å²) < 4.78 is 1.94. The molecule has 2 atom stereocenters. The predicted octanol–water partition coefficient (Wildman–Crippen LogP) is 4.38. The number of hydrogen-bond donors (Lipinski definition) is 0. The van der Waals surface area contributed by atoms with Crippen molar-refractivity contribution in [3.8, 4) is 0 Å². The van der Waals surface area contributed by atoms with E-state index in [2.05, 4.69) is 33.5 Å². The topological polar surface area (TPSA) is 3.24 Å². The first-order valence-corrected chi connectivity index (χ1v) is 9.04. The molecular weight excluding hydrogens is 317 g/mol. The van der Waals surface area contributed by atoms with Gasteiger partial charge in [0.25, 0.3) is 0 Å². The summed E-state index contributed by atoms with van der Waals surface area (Å²) in [7, 11) is 0.189. The Morgan fingerprint density at radius 1 is 1.54 bits per heavy atom. The van der Waals surface area contributed by atoms with Crippen molar-refractivity contribution in [2.45, 2.75) is 39.0 Å². The minimum absolute atomic E-state index is 0.189. The van der Waals surface area contributed by atoms with E-state index in [9.17, 15) is 0 Å². The molecular formula is C9H17ClINS. The van der Waals surface area contributed by atoms with Crippen molar-refractivity contribution in [1.29, 1.82) is 0 Å². The Morgan fingerprint density at radius 3 is 2.85 bits per heavy atom. The summed E-state index contributed by atoms with van der Waals surface area (Å²) in [6.07, 6.45) is 6.79. The highest BCUT2D eigenvalue weighted by Crippen LogP contribution is 2.38. The molecule has 0 aliphatic carbocycles. The van der Waals surface area contributed by atoms with Crippen LogP contribution in [0.3, 0.4) is 0 Å². The number of rotatable bonds is 5. The molecule has 1 nitrogen and oxygen atoms in total. The van der Waals surface area contributed by atoms with Crippen LogP contribution in [-0.4, -0.2) is 15.7 Å². The summed E-state index contributed by atoms with van der Waals surface area (Å²) in [4.78, 5) is 0. The zero-order valence-electron chi connectivity index (χ0n) is 8.01. The van der Waals surface area contributed by atoms with E-state index in [4.69, 9.17) is 11.8 Å². The third-order valence-electron chi connectivity index (χ3n) is 2.30. The monoisotopic (exact) mass is 333 g/mol. The number of nitrogens with zero attached hydrogens (tertiary/aromatic N) is 1. The molecule has 0 amide bonds. The summed E-state index contributed by atoms with van der Waals surface area (Å²) in [6.45, 7) is 3.31. The van der Waals surface area contributed by atoms with Crippen molar-refractivity contribution in [2.24, 2.45) is 5.92 Å². The summed E-state index contributed by atoms with van der Waals surface area (Å²) in [5, 5.41) is 2.40. The van der Waals surface area contributed by atoms with Crippen LogP contribution < -0.4 is 0 Å². The molecule has 4 heteroatoms. The van der Waals surface area contributed by atoms with Gasteiger partial charge in [0, 0.05) is 27.8 Å². The first kappa shape index (κ1) is 12.3. The standard InChI is InChI=1S/C9H17ClINS/c1-2-3-4-5-6-9-7-12(10)13(11)8-9/h8-9H,2-7H2,1H3. The molecule has 0 saturated heterocycles. The smallest absolute Gasteiger partial charge is 0.0324 e. The predicted molar refractivity (Wildman–Crippen MR) is 72.5 cm³/mol. The normalized spacial score (nSPS) is 29.2. The van der Waals surface area contributed by atoms with E-state index < -0.39 is 0 Å². The Kier molecular flexibility index (Phi) is 6.27. The van der Waals surface area contributed by atoms with Crippen LogP contribution in [0.4, 0.5) is 0 Å². The lowest BCUT2D eigenvalue weighted by Crippen LogP contribution is -2.08. The maximum absolute atomic E-state index is 6.00. The molecule has 1 rings (SSSR count). The van der Waals surface area contributed by atoms with Crippen LogP contribution in [0.1, 0.15) is 39.0 Å². The quantitative estimate of drug-likeness (QED) is 0.312. The Hall–Kier alpha value is 1.20. The van der Waals surface area contributed by atoms with Crippen LogP contribution >= 0.6 is 40.8 Å². The fourth-order valence-corrected chi connectivity index (χ4v) is 4.57. The van der Waals surface area contributed by atoms with Gasteiger partial charge in [-0.3, -0.25) is 0 Å². The fraction of sp³-hybridized carbons (Fsp3) is 0.889. The Morgan fingerprint density at radius 2 is 2.31 bits per heavy atom. The van der Waals surface area contributed by atoms with Crippen molar-refractivity contribution in [1.82, 2.24) is 3.82 Å². The molecule has 1 aliphatic heterocycles. The van der Waals surface area contributed by atoms with Gasteiger partial charge in [-0.25, -0.2) is 0 Å². The zero-order valence-corrected chi connectivity index (χ0v) is 11.7. The molecule has 78 valence electrons. The van der Waals surface area contributed by atoms with E-state index in [1.165, 1.54) is 32.1 Å². The molecule has 0 bridgehead atoms. The van der Waals surface area contributed by atoms with E-state index in [-0.39, 0.29) is 7.84 Å². The van der Waals surface area contributed by atoms with Crippen molar-refractivity contribution in [3.63, 3.8) is 0 Å². The van der Waals surface area contributed by atoms with Gasteiger partial charge in [-0.15, -0.1) is 0 Å². The highest BCUT2D eigenvalue weighted by Gasteiger charge is 2.19. The first-order valence-electron chi connectivity index (χ1n) is 4.91. The van der Waals surface area contributed by atoms with Gasteiger partial charge in [-0.1, -0.05) is 32.6 Å². The molecule has 2 unspecified atom stereocenters. The maximum atomic E-state index is 6.00. The number of unbranched alkanes of at least 4 members (excludes halogenated alkanes) is 3. The Labute approximate surface area is 101 Å². The fourth-order valence-electron chi connectivity index (χ4n) is 1.52. The lowest BCUT2D eigenvalue weighted by atomic mass is 10.0. The van der Waals surface area contributed by atoms with Crippen LogP contribution in [0.15, 0.2) is 0 Å². The lowest BCUT2D eigenvalue weighted by Gasteiger charge is -2.08. The highest BCUT2D eigenvalue weighted by molar-refractivity contribution is 14.2. The zero-order chi connectivity index (χ0) is 9.68. The first-order chi connectivity index (χ1) is 6.24. The second kappa shape index (κ2) is 6.64. The average molecular weight is 334 g/mol. The number of halogens is 2. The van der Waals surface area contributed by atoms with Crippen molar-refractivity contribution < 1.29 is 0 Å². The molecule has 0 radical (unpaired) electrons. The third kappa shape index (κ3) is 4.49. The van der Waals surface area contributed by atoms with Gasteiger partial charge in [0.05, 0.1) is 0 Å². The van der Waals surface area contributed by atoms with Crippen LogP contribution in [0.25, 0.3) is 0 Å². The molecule has 1 heterocycles. The minimum Gasteiger partial charge on any atom is -0.160 e. The van der Waals surface area contributed by atoms with Gasteiger partial charge in [0.1, 0.15) is 0 Å². The summed E-state index contributed by atoms with van der Waals surface area (Å²) in [6, 6.07) is 0. The van der Waals surface area contributed by atoms with Crippen molar-refractivity contribution in [3.05, 3.63) is 0 Å². The molecule has 0 aromatic carbocycles. The average Bonchev–Trinajstić information content (AvgIpc) is 2.41. The lowest BCUT2D eigenvalue weighted by molar-refractivity contribution is 0.524. The van der Waals surface area contributed by atoms with Crippen LogP contribution in [-0.2, 0) is 0 Å². The van der Waals surface area contributed by atoms with Gasteiger partial charge in [0.2, 0.25) is 0 Å². The van der Waals surface area contributed by atoms with Crippen LogP contribution in [0, 0.1) is 5.92 Å². The molecule has 0 fully saturated rings. The number of hydrogen-bond acceptors (Lipinski definition) is 1. The van der Waals surface area contributed by atoms with E-state index in [1.807, 2.05) is 3.82 Å². The Bertz CT molecular complexity index is 186. The van der Waals surface area contributed by atoms with Gasteiger partial charge in [-0.05, 0) is 37.3 Å². The van der Waals surface area contributed by atoms with Crippen LogP contribution in [0.5, 0.6) is 0 Å². The second-order valence-corrected chi connectivity index (χ2v) is 8.06. The largest absolute Gasteiger partial charge is 0.160 e. The van der Waals surface area contributed by atoms with E-state index in [1.54, 1.807) is 0 Å². The van der Waals surface area contributed by atoms with Crippen molar-refractivity contribution >= 4 is 46.2 Å². The minimum atomic E-state index is 0.189. The molecule has 13 heavy (non-hydrogen) atoms. The molecule has 0 saturated carbocycles. The van der Waals surface area contributed by atoms with E-state index in [0.717, 1.165) is 12.5 Å². The van der Waals surface area contributed by atoms with E-state index in [0.29, 0.717) is 0 Å². The van der Waals surface area contributed by atoms with Gasteiger partial charge >= 0.3 is 0 Å². The molecule has 1 aliphatic rings. The maximum Gasteiger partial charge on any atom is 0.0324 e.